The van der Waals surface area contributed by atoms with E-state index in [0.29, 0.717) is 50.7 Å². The number of carbonyl (C=O) groups is 3. The van der Waals surface area contributed by atoms with Crippen LogP contribution < -0.4 is 10.6 Å². The van der Waals surface area contributed by atoms with Crippen LogP contribution in [0.4, 0.5) is 4.39 Å². The summed E-state index contributed by atoms with van der Waals surface area (Å²) in [4.78, 5) is 43.2. The molecule has 2 heterocycles. The number of benzene rings is 2. The molecule has 0 radical (unpaired) electrons. The molecule has 0 spiro atoms. The van der Waals surface area contributed by atoms with Gasteiger partial charge in [-0.15, -0.1) is 0 Å². The van der Waals surface area contributed by atoms with Crippen molar-refractivity contribution >= 4 is 28.6 Å². The Bertz CT molecular complexity index is 1220. The third-order valence-electron chi connectivity index (χ3n) is 6.83. The van der Waals surface area contributed by atoms with E-state index in [-0.39, 0.29) is 42.4 Å². The topological polar surface area (TPSA) is 94.3 Å². The average Bonchev–Trinajstić information content (AvgIpc) is 3.17. The summed E-state index contributed by atoms with van der Waals surface area (Å²) in [6, 6.07) is 14.5. The predicted octanol–water partition coefficient (Wildman–Crippen LogP) is 3.58. The number of nitrogens with one attached hydrogen (secondary N) is 3. The first-order valence-corrected chi connectivity index (χ1v) is 12.5. The monoisotopic (exact) mass is 492 g/mol. The lowest BCUT2D eigenvalue weighted by molar-refractivity contribution is -0.135. The van der Waals surface area contributed by atoms with Crippen LogP contribution in [0.5, 0.6) is 0 Å². The zero-order valence-electron chi connectivity index (χ0n) is 20.6. The van der Waals surface area contributed by atoms with Crippen LogP contribution in [-0.4, -0.2) is 53.8 Å². The molecule has 7 nitrogen and oxygen atoms in total. The molecule has 3 amide bonds. The van der Waals surface area contributed by atoms with Gasteiger partial charge in [0.05, 0.1) is 13.0 Å². The van der Waals surface area contributed by atoms with Crippen LogP contribution in [0.25, 0.3) is 10.9 Å². The summed E-state index contributed by atoms with van der Waals surface area (Å²) in [7, 11) is 0. The van der Waals surface area contributed by atoms with E-state index >= 15 is 0 Å². The Morgan fingerprint density at radius 2 is 1.81 bits per heavy atom. The van der Waals surface area contributed by atoms with Gasteiger partial charge in [-0.05, 0) is 61.4 Å². The number of aromatic nitrogens is 1. The van der Waals surface area contributed by atoms with Crippen molar-refractivity contribution in [3.63, 3.8) is 0 Å². The van der Waals surface area contributed by atoms with Crippen molar-refractivity contribution in [2.24, 2.45) is 0 Å². The largest absolute Gasteiger partial charge is 0.358 e. The summed E-state index contributed by atoms with van der Waals surface area (Å²) in [6.45, 7) is 3.03. The van der Waals surface area contributed by atoms with Gasteiger partial charge in [0, 0.05) is 42.7 Å². The van der Waals surface area contributed by atoms with Crippen molar-refractivity contribution in [2.75, 3.05) is 26.2 Å². The maximum atomic E-state index is 13.9. The van der Waals surface area contributed by atoms with Crippen LogP contribution in [0.1, 0.15) is 48.4 Å². The minimum absolute atomic E-state index is 0.00801. The summed E-state index contributed by atoms with van der Waals surface area (Å²) in [5.41, 5.74) is 3.45. The van der Waals surface area contributed by atoms with Crippen molar-refractivity contribution in [2.45, 2.75) is 44.9 Å². The Kier molecular flexibility index (Phi) is 8.36. The Morgan fingerprint density at radius 3 is 2.61 bits per heavy atom. The summed E-state index contributed by atoms with van der Waals surface area (Å²) in [5.74, 6) is -0.635. The molecule has 1 unspecified atom stereocenters. The number of amides is 3. The highest BCUT2D eigenvalue weighted by Gasteiger charge is 2.21. The normalized spacial score (nSPS) is 18.4. The number of halogens is 1. The van der Waals surface area contributed by atoms with Gasteiger partial charge in [-0.3, -0.25) is 14.4 Å². The fourth-order valence-electron chi connectivity index (χ4n) is 4.85. The molecule has 1 saturated heterocycles. The number of nitrogens with zero attached hydrogens (tertiary/aromatic N) is 1. The molecule has 0 aliphatic carbocycles. The average molecular weight is 493 g/mol. The van der Waals surface area contributed by atoms with Crippen LogP contribution in [0, 0.1) is 12.7 Å². The molecule has 2 aromatic carbocycles. The van der Waals surface area contributed by atoms with Crippen molar-refractivity contribution in [3.05, 3.63) is 71.2 Å². The van der Waals surface area contributed by atoms with Gasteiger partial charge in [-0.1, -0.05) is 30.3 Å². The number of rotatable bonds is 3. The minimum atomic E-state index is -0.363. The second-order valence-corrected chi connectivity index (χ2v) is 9.40. The summed E-state index contributed by atoms with van der Waals surface area (Å²) in [6.07, 6.45) is 2.42. The fraction of sp³-hybridized carbons (Fsp3) is 0.393. The Labute approximate surface area is 210 Å². The smallest absolute Gasteiger partial charge is 0.239 e. The van der Waals surface area contributed by atoms with E-state index in [1.54, 1.807) is 6.07 Å². The highest BCUT2D eigenvalue weighted by atomic mass is 19.1. The van der Waals surface area contributed by atoms with E-state index in [9.17, 15) is 18.8 Å². The van der Waals surface area contributed by atoms with Crippen molar-refractivity contribution < 1.29 is 18.8 Å². The SMILES string of the molecule is Cc1[nH]c2ccc(F)cc2c1CC(=O)N1CCCNC(=O)CCC(c2ccccc2)CCNC(=O)C1. The number of carbonyl (C=O) groups excluding carboxylic acids is 3. The zero-order chi connectivity index (χ0) is 25.5. The molecule has 3 aromatic rings. The third kappa shape index (κ3) is 6.50. The first-order chi connectivity index (χ1) is 17.4. The van der Waals surface area contributed by atoms with E-state index < -0.39 is 0 Å². The van der Waals surface area contributed by atoms with Gasteiger partial charge in [-0.2, -0.15) is 0 Å². The van der Waals surface area contributed by atoms with Crippen LogP contribution in [0.15, 0.2) is 48.5 Å². The molecule has 8 heteroatoms. The lowest BCUT2D eigenvalue weighted by atomic mass is 9.91. The standard InChI is InChI=1S/C28H33FN4O3/c1-19-23(24-16-22(29)9-10-25(24)32-19)17-28(36)33-15-5-13-30-26(34)11-8-21(12-14-31-27(35)18-33)20-6-3-2-4-7-20/h2-4,6-7,9-10,16,21,32H,5,8,11-15,17-18H2,1H3,(H,30,34)(H,31,35). The van der Waals surface area contributed by atoms with E-state index in [1.165, 1.54) is 17.0 Å². The van der Waals surface area contributed by atoms with E-state index in [0.717, 1.165) is 22.3 Å². The molecule has 36 heavy (non-hydrogen) atoms. The van der Waals surface area contributed by atoms with Gasteiger partial charge >= 0.3 is 0 Å². The van der Waals surface area contributed by atoms with Crippen molar-refractivity contribution in [1.29, 1.82) is 0 Å². The highest BCUT2D eigenvalue weighted by molar-refractivity contribution is 5.91. The third-order valence-corrected chi connectivity index (χ3v) is 6.83. The van der Waals surface area contributed by atoms with Gasteiger partial charge < -0.3 is 20.5 Å². The summed E-state index contributed by atoms with van der Waals surface area (Å²) < 4.78 is 13.9. The van der Waals surface area contributed by atoms with Gasteiger partial charge in [0.1, 0.15) is 5.82 Å². The summed E-state index contributed by atoms with van der Waals surface area (Å²) >= 11 is 0. The fourth-order valence-corrected chi connectivity index (χ4v) is 4.85. The molecule has 0 bridgehead atoms. The molecular formula is C28H33FN4O3. The molecule has 1 atom stereocenters. The number of fused-ring (bicyclic) bond motifs is 1. The molecule has 0 saturated carbocycles. The molecule has 1 aliphatic rings. The van der Waals surface area contributed by atoms with E-state index in [4.69, 9.17) is 0 Å². The number of hydrogen-bond donors (Lipinski definition) is 3. The molecule has 190 valence electrons. The number of hydrogen-bond acceptors (Lipinski definition) is 3. The second-order valence-electron chi connectivity index (χ2n) is 9.40. The molecular weight excluding hydrogens is 459 g/mol. The van der Waals surface area contributed by atoms with Crippen LogP contribution in [0.2, 0.25) is 0 Å². The van der Waals surface area contributed by atoms with E-state index in [1.807, 2.05) is 37.3 Å². The predicted molar refractivity (Wildman–Crippen MR) is 137 cm³/mol. The molecule has 4 rings (SSSR count). The van der Waals surface area contributed by atoms with E-state index in [2.05, 4.69) is 15.6 Å². The molecule has 1 aromatic heterocycles. The number of aromatic amines is 1. The first kappa shape index (κ1) is 25.4. The van der Waals surface area contributed by atoms with Crippen molar-refractivity contribution in [3.8, 4) is 0 Å². The highest BCUT2D eigenvalue weighted by Crippen LogP contribution is 2.25. The van der Waals surface area contributed by atoms with Gasteiger partial charge in [0.2, 0.25) is 17.7 Å². The second kappa shape index (κ2) is 11.8. The van der Waals surface area contributed by atoms with Crippen LogP contribution >= 0.6 is 0 Å². The van der Waals surface area contributed by atoms with Gasteiger partial charge in [-0.25, -0.2) is 4.39 Å². The maximum absolute atomic E-state index is 13.9. The first-order valence-electron chi connectivity index (χ1n) is 12.5. The Hall–Kier alpha value is -3.68. The molecule has 1 fully saturated rings. The quantitative estimate of drug-likeness (QED) is 0.522. The Balaban J connectivity index is 1.46. The van der Waals surface area contributed by atoms with Crippen LogP contribution in [0.3, 0.4) is 0 Å². The number of aryl methyl sites for hydroxylation is 1. The lowest BCUT2D eigenvalue weighted by Gasteiger charge is -2.24. The zero-order valence-corrected chi connectivity index (χ0v) is 20.6. The van der Waals surface area contributed by atoms with Gasteiger partial charge in [0.25, 0.3) is 0 Å². The molecule has 3 N–H and O–H groups in total. The summed E-state index contributed by atoms with van der Waals surface area (Å²) in [5, 5.41) is 6.56. The lowest BCUT2D eigenvalue weighted by Crippen LogP contribution is -2.43. The molecule has 1 aliphatic heterocycles. The number of H-pyrrole nitrogens is 1. The van der Waals surface area contributed by atoms with Crippen LogP contribution in [-0.2, 0) is 20.8 Å². The van der Waals surface area contributed by atoms with Gasteiger partial charge in [0.15, 0.2) is 0 Å². The maximum Gasteiger partial charge on any atom is 0.239 e. The Morgan fingerprint density at radius 1 is 1.03 bits per heavy atom. The minimum Gasteiger partial charge on any atom is -0.358 e. The van der Waals surface area contributed by atoms with Crippen molar-refractivity contribution in [1.82, 2.24) is 20.5 Å².